The average Bonchev–Trinajstić information content (AvgIpc) is 4.21. The van der Waals surface area contributed by atoms with Crippen LogP contribution >= 0.6 is 34.0 Å². The molecule has 10 heterocycles. The van der Waals surface area contributed by atoms with Gasteiger partial charge in [-0.2, -0.15) is 34.0 Å². The van der Waals surface area contributed by atoms with Crippen molar-refractivity contribution in [2.24, 2.45) is 0 Å². The van der Waals surface area contributed by atoms with Crippen LogP contribution < -0.4 is 0 Å². The van der Waals surface area contributed by atoms with Crippen molar-refractivity contribution in [1.82, 2.24) is 24.9 Å². The summed E-state index contributed by atoms with van der Waals surface area (Å²) >= 11 is 5.11. The van der Waals surface area contributed by atoms with E-state index < -0.39 is 11.6 Å². The summed E-state index contributed by atoms with van der Waals surface area (Å²) in [5, 5.41) is 4.73. The number of hydrogen-bond donors (Lipinski definition) is 0. The molecule has 0 unspecified atom stereocenters. The average molecular weight is 1960 g/mol. The quantitative estimate of drug-likeness (QED) is 0.140. The fraction of sp³-hybridized carbons (Fsp3) is 0.0678. The van der Waals surface area contributed by atoms with Gasteiger partial charge < -0.3 is 28.8 Å². The number of aryl methyl sites for hydroxylation is 4. The number of thiophene rings is 3. The zero-order chi connectivity index (χ0) is 49.5. The Balaban J connectivity index is 0.000000154. The molecule has 397 valence electrons. The van der Waals surface area contributed by atoms with E-state index in [1.54, 1.807) is 40.2 Å². The Bertz CT molecular complexity index is 4010. The Morgan fingerprint density at radius 2 is 0.792 bits per heavy atom. The van der Waals surface area contributed by atoms with Crippen molar-refractivity contribution in [1.29, 1.82) is 0 Å². The Kier molecular flexibility index (Phi) is 21.4. The number of aromatic nitrogens is 5. The number of halogens is 3. The Morgan fingerprint density at radius 1 is 0.364 bits per heavy atom. The largest absolute Gasteiger partial charge is 0.509 e. The maximum Gasteiger partial charge on any atom is 0.143 e. The third-order valence-corrected chi connectivity index (χ3v) is 14.6. The van der Waals surface area contributed by atoms with Crippen molar-refractivity contribution in [3.05, 3.63) is 210 Å². The van der Waals surface area contributed by atoms with Crippen LogP contribution in [0, 0.1) is 75.5 Å². The van der Waals surface area contributed by atoms with Gasteiger partial charge in [0.1, 0.15) is 11.4 Å². The molecule has 0 N–H and O–H groups in total. The number of nitrogens with zero attached hydrogens (tertiary/aromatic N) is 5. The van der Waals surface area contributed by atoms with Gasteiger partial charge in [0, 0.05) is 196 Å². The van der Waals surface area contributed by atoms with E-state index in [0.29, 0.717) is 22.1 Å². The SMILES string of the molecule is Cc1c[c-]c2c(c1)oc1cc(C)cnc12.Cc1c[c-]c2c(c1)sc1cc(C)cnc12.Fc1c[c-]c2c(c1)oc1cc(F)cnc12.Fc1c[c-]c2c(c1)sc1cccnc12.[Ir].[Ir].[Ir].[Ir].[Ir].[c-]1cccc2sc3cccnc3c12. The molecule has 7 nitrogen and oxygen atoms in total. The molecule has 0 fully saturated rings. The first kappa shape index (κ1) is 61.4. The molecule has 0 aliphatic heterocycles. The van der Waals surface area contributed by atoms with Gasteiger partial charge in [-0.3, -0.25) is 13.8 Å². The minimum Gasteiger partial charge on any atom is -0.509 e. The van der Waals surface area contributed by atoms with E-state index in [-0.39, 0.29) is 106 Å². The van der Waals surface area contributed by atoms with E-state index in [1.807, 2.05) is 87.0 Å². The van der Waals surface area contributed by atoms with Crippen molar-refractivity contribution < 1.29 is 123 Å². The van der Waals surface area contributed by atoms with Crippen molar-refractivity contribution >= 4 is 139 Å². The predicted octanol–water partition coefficient (Wildman–Crippen LogP) is 16.9. The maximum atomic E-state index is 12.9. The zero-order valence-corrected chi connectivity index (χ0v) is 54.8. The van der Waals surface area contributed by atoms with Crippen LogP contribution in [0.15, 0.2) is 149 Å². The molecule has 0 saturated heterocycles. The monoisotopic (exact) mass is 1960 g/mol. The van der Waals surface area contributed by atoms with Crippen LogP contribution in [0.1, 0.15) is 22.3 Å². The molecule has 0 spiro atoms. The van der Waals surface area contributed by atoms with Crippen LogP contribution in [0.3, 0.4) is 0 Å². The number of pyridine rings is 5. The minimum absolute atomic E-state index is 0. The molecule has 0 aliphatic carbocycles. The molecular formula is C59H35F3Ir5N5O2S3-5. The van der Waals surface area contributed by atoms with Gasteiger partial charge >= 0.3 is 0 Å². The number of rotatable bonds is 0. The Labute approximate surface area is 518 Å². The summed E-state index contributed by atoms with van der Waals surface area (Å²) in [6.45, 7) is 8.21. The third kappa shape index (κ3) is 13.4. The zero-order valence-electron chi connectivity index (χ0n) is 40.4. The Morgan fingerprint density at radius 3 is 1.47 bits per heavy atom. The molecular weight excluding hydrogens is 1920 g/mol. The molecule has 15 aromatic rings. The molecule has 0 amide bonds. The van der Waals surface area contributed by atoms with Crippen LogP contribution in [-0.2, 0) is 101 Å². The molecule has 5 radical (unpaired) electrons. The normalized spacial score (nSPS) is 10.5. The van der Waals surface area contributed by atoms with Gasteiger partial charge in [0.15, 0.2) is 0 Å². The van der Waals surface area contributed by atoms with Gasteiger partial charge in [-0.05, 0) is 49.2 Å². The number of benzene rings is 5. The van der Waals surface area contributed by atoms with Crippen LogP contribution in [0.25, 0.3) is 105 Å². The molecule has 5 aromatic carbocycles. The first-order chi connectivity index (χ1) is 35.0. The van der Waals surface area contributed by atoms with Crippen molar-refractivity contribution in [2.75, 3.05) is 0 Å². The van der Waals surface area contributed by atoms with Gasteiger partial charge in [0.05, 0.1) is 11.8 Å². The van der Waals surface area contributed by atoms with E-state index in [1.165, 1.54) is 60.3 Å². The van der Waals surface area contributed by atoms with Crippen LogP contribution in [0.4, 0.5) is 13.2 Å². The number of fused-ring (bicyclic) bond motifs is 15. The van der Waals surface area contributed by atoms with Crippen LogP contribution in [0.2, 0.25) is 0 Å². The smallest absolute Gasteiger partial charge is 0.143 e. The summed E-state index contributed by atoms with van der Waals surface area (Å²) in [7, 11) is 0. The van der Waals surface area contributed by atoms with Gasteiger partial charge in [0.2, 0.25) is 0 Å². The number of hydrogen-bond acceptors (Lipinski definition) is 10. The summed E-state index contributed by atoms with van der Waals surface area (Å²) in [6, 6.07) is 48.3. The van der Waals surface area contributed by atoms with E-state index >= 15 is 0 Å². The molecule has 0 atom stereocenters. The summed E-state index contributed by atoms with van der Waals surface area (Å²) in [6.07, 6.45) is 8.43. The van der Waals surface area contributed by atoms with E-state index in [2.05, 4.69) is 93.4 Å². The fourth-order valence-electron chi connectivity index (χ4n) is 8.03. The molecule has 10 aromatic heterocycles. The summed E-state index contributed by atoms with van der Waals surface area (Å²) in [4.78, 5) is 21.3. The van der Waals surface area contributed by atoms with Crippen LogP contribution in [-0.4, -0.2) is 24.9 Å². The van der Waals surface area contributed by atoms with E-state index in [4.69, 9.17) is 8.83 Å². The molecule has 0 bridgehead atoms. The minimum atomic E-state index is -0.484. The Hall–Kier alpha value is -4.85. The molecule has 77 heavy (non-hydrogen) atoms. The molecule has 18 heteroatoms. The topological polar surface area (TPSA) is 90.7 Å². The second-order valence-corrected chi connectivity index (χ2v) is 20.0. The van der Waals surface area contributed by atoms with Gasteiger partial charge in [-0.15, -0.1) is 112 Å². The second-order valence-electron chi connectivity index (χ2n) is 16.8. The molecule has 15 rings (SSSR count). The maximum absolute atomic E-state index is 12.9. The molecule has 0 aliphatic rings. The molecule has 0 saturated carbocycles. The van der Waals surface area contributed by atoms with Gasteiger partial charge in [0.25, 0.3) is 0 Å². The van der Waals surface area contributed by atoms with Crippen molar-refractivity contribution in [3.63, 3.8) is 0 Å². The van der Waals surface area contributed by atoms with Gasteiger partial charge in [-0.1, -0.05) is 63.0 Å². The van der Waals surface area contributed by atoms with E-state index in [0.717, 1.165) is 81.5 Å². The number of furan rings is 2. The summed E-state index contributed by atoms with van der Waals surface area (Å²) < 4.78 is 56.6. The summed E-state index contributed by atoms with van der Waals surface area (Å²) in [5.74, 6) is -1.17. The van der Waals surface area contributed by atoms with E-state index in [9.17, 15) is 13.2 Å². The van der Waals surface area contributed by atoms with Crippen molar-refractivity contribution in [3.8, 4) is 0 Å². The third-order valence-electron chi connectivity index (χ3n) is 11.3. The predicted molar refractivity (Wildman–Crippen MR) is 287 cm³/mol. The van der Waals surface area contributed by atoms with Crippen LogP contribution in [0.5, 0.6) is 0 Å². The second kappa shape index (κ2) is 26.9. The first-order valence-electron chi connectivity index (χ1n) is 22.4. The van der Waals surface area contributed by atoms with Crippen molar-refractivity contribution in [2.45, 2.75) is 27.7 Å². The first-order valence-corrected chi connectivity index (χ1v) is 24.8. The summed E-state index contributed by atoms with van der Waals surface area (Å²) in [5.41, 5.74) is 11.5. The fourth-order valence-corrected chi connectivity index (χ4v) is 11.4. The van der Waals surface area contributed by atoms with Gasteiger partial charge in [-0.25, -0.2) is 4.39 Å². The standard InChI is InChI=1S/C13H10NO.C13H10NS.C11H4F2NO.C11H5FNS.C11H6NS.5Ir/c2*1-8-3-4-10-11(5-8)15-12-6-9(2)7-14-13(10)12;12-6-1-2-8-9(3-6)15-10-4-7(13)5-14-11(8)10;12-7-3-4-8-10(6-7)14-9-2-1-5-13-11(8)9;1-2-5-9-8(4-1)11-10(13-9)6-3-7-12-11;;;;;/h2*3,5-7H,1-2H3;1,3-5H;1-3,5-6H;1-3,5-7H;;;;;/q5*-1;;;;;.